The van der Waals surface area contributed by atoms with Crippen molar-refractivity contribution >= 4 is 22.4 Å². The molecular formula is C13H20N2O2S. The monoisotopic (exact) mass is 268 g/mol. The normalized spacial score (nSPS) is 21.7. The summed E-state index contributed by atoms with van der Waals surface area (Å²) in [5.41, 5.74) is 0.800. The molecule has 0 aliphatic heterocycles. The predicted octanol–water partition coefficient (Wildman–Crippen LogP) is 2.85. The van der Waals surface area contributed by atoms with Crippen molar-refractivity contribution < 1.29 is 9.53 Å². The Morgan fingerprint density at radius 2 is 2.44 bits per heavy atom. The molecule has 18 heavy (non-hydrogen) atoms. The van der Waals surface area contributed by atoms with Crippen molar-refractivity contribution in [3.8, 4) is 0 Å². The second-order valence-electron chi connectivity index (χ2n) is 4.66. The number of esters is 1. The molecular weight excluding hydrogens is 248 g/mol. The summed E-state index contributed by atoms with van der Waals surface area (Å²) in [6, 6.07) is 0.589. The third kappa shape index (κ3) is 3.70. The van der Waals surface area contributed by atoms with Crippen molar-refractivity contribution in [1.82, 2.24) is 4.98 Å². The number of ether oxygens (including phenoxy) is 1. The molecule has 1 fully saturated rings. The number of hydrogen-bond acceptors (Lipinski definition) is 5. The fourth-order valence-electron chi connectivity index (χ4n) is 2.09. The average Bonchev–Trinajstić information content (AvgIpc) is 2.88. The van der Waals surface area contributed by atoms with E-state index in [1.165, 1.54) is 19.3 Å². The van der Waals surface area contributed by atoms with Gasteiger partial charge >= 0.3 is 5.97 Å². The molecule has 1 heterocycles. The summed E-state index contributed by atoms with van der Waals surface area (Å²) >= 11 is 1.57. The number of thiazole rings is 1. The van der Waals surface area contributed by atoms with E-state index >= 15 is 0 Å². The zero-order valence-corrected chi connectivity index (χ0v) is 11.8. The fraction of sp³-hybridized carbons (Fsp3) is 0.692. The van der Waals surface area contributed by atoms with Gasteiger partial charge in [-0.3, -0.25) is 4.79 Å². The van der Waals surface area contributed by atoms with Crippen molar-refractivity contribution in [2.75, 3.05) is 11.9 Å². The van der Waals surface area contributed by atoms with Gasteiger partial charge in [0.05, 0.1) is 18.7 Å². The van der Waals surface area contributed by atoms with Crippen molar-refractivity contribution in [2.24, 2.45) is 5.92 Å². The van der Waals surface area contributed by atoms with Crippen LogP contribution in [0.3, 0.4) is 0 Å². The first-order valence-electron chi connectivity index (χ1n) is 6.59. The number of carbonyl (C=O) groups is 1. The molecule has 4 nitrogen and oxygen atoms in total. The van der Waals surface area contributed by atoms with E-state index in [0.29, 0.717) is 12.6 Å². The van der Waals surface area contributed by atoms with Crippen LogP contribution >= 0.6 is 11.3 Å². The Morgan fingerprint density at radius 3 is 3.17 bits per heavy atom. The van der Waals surface area contributed by atoms with Gasteiger partial charge < -0.3 is 10.1 Å². The lowest BCUT2D eigenvalue weighted by atomic mass is 10.2. The Labute approximate surface area is 112 Å². The highest BCUT2D eigenvalue weighted by Crippen LogP contribution is 2.37. The van der Waals surface area contributed by atoms with Gasteiger partial charge in [0.2, 0.25) is 0 Å². The van der Waals surface area contributed by atoms with E-state index in [9.17, 15) is 4.79 Å². The molecule has 5 heteroatoms. The van der Waals surface area contributed by atoms with Crippen LogP contribution in [0.2, 0.25) is 0 Å². The van der Waals surface area contributed by atoms with Gasteiger partial charge in [0.25, 0.3) is 0 Å². The van der Waals surface area contributed by atoms with Gasteiger partial charge in [-0.1, -0.05) is 13.3 Å². The van der Waals surface area contributed by atoms with Gasteiger partial charge in [-0.05, 0) is 25.7 Å². The van der Waals surface area contributed by atoms with E-state index in [1.807, 2.05) is 12.3 Å². The lowest BCUT2D eigenvalue weighted by molar-refractivity contribution is -0.142. The molecule has 1 aliphatic rings. The molecule has 1 aromatic rings. The maximum Gasteiger partial charge on any atom is 0.311 e. The number of hydrogen-bond donors (Lipinski definition) is 1. The van der Waals surface area contributed by atoms with Crippen LogP contribution in [0, 0.1) is 5.92 Å². The minimum absolute atomic E-state index is 0.204. The van der Waals surface area contributed by atoms with Crippen molar-refractivity contribution in [3.05, 3.63) is 11.1 Å². The highest BCUT2D eigenvalue weighted by atomic mass is 32.1. The Bertz CT molecular complexity index is 405. The van der Waals surface area contributed by atoms with E-state index in [0.717, 1.165) is 16.7 Å². The largest absolute Gasteiger partial charge is 0.466 e. The number of aromatic nitrogens is 1. The van der Waals surface area contributed by atoms with E-state index in [1.54, 1.807) is 11.3 Å². The summed E-state index contributed by atoms with van der Waals surface area (Å²) in [4.78, 5) is 15.7. The van der Waals surface area contributed by atoms with Gasteiger partial charge in [-0.2, -0.15) is 0 Å². The van der Waals surface area contributed by atoms with Crippen LogP contribution in [0.1, 0.15) is 38.8 Å². The van der Waals surface area contributed by atoms with Gasteiger partial charge in [0.1, 0.15) is 0 Å². The van der Waals surface area contributed by atoms with Crippen LogP contribution < -0.4 is 5.32 Å². The number of nitrogens with zero attached hydrogens (tertiary/aromatic N) is 1. The number of rotatable bonds is 7. The molecule has 0 bridgehead atoms. The first-order valence-corrected chi connectivity index (χ1v) is 7.47. The van der Waals surface area contributed by atoms with Gasteiger partial charge in [0.15, 0.2) is 5.13 Å². The minimum atomic E-state index is -0.204. The van der Waals surface area contributed by atoms with Crippen LogP contribution in [0.15, 0.2) is 5.38 Å². The summed E-state index contributed by atoms with van der Waals surface area (Å²) < 4.78 is 4.90. The van der Waals surface area contributed by atoms with Gasteiger partial charge in [0, 0.05) is 11.4 Å². The summed E-state index contributed by atoms with van der Waals surface area (Å²) in [6.07, 6.45) is 4.06. The maximum atomic E-state index is 11.3. The Morgan fingerprint density at radius 1 is 1.61 bits per heavy atom. The molecule has 0 spiro atoms. The zero-order chi connectivity index (χ0) is 13.0. The predicted molar refractivity (Wildman–Crippen MR) is 72.9 cm³/mol. The maximum absolute atomic E-state index is 11.3. The second kappa shape index (κ2) is 6.18. The lowest BCUT2D eigenvalue weighted by Gasteiger charge is -2.00. The van der Waals surface area contributed by atoms with Crippen LogP contribution in [0.5, 0.6) is 0 Å². The van der Waals surface area contributed by atoms with Crippen LogP contribution in [0.25, 0.3) is 0 Å². The third-order valence-corrected chi connectivity index (χ3v) is 3.90. The highest BCUT2D eigenvalue weighted by Gasteiger charge is 2.36. The Hall–Kier alpha value is -1.10. The molecule has 0 saturated heterocycles. The molecule has 1 aliphatic carbocycles. The number of carbonyl (C=O) groups excluding carboxylic acids is 1. The molecule has 1 saturated carbocycles. The molecule has 1 N–H and O–H groups in total. The molecule has 2 rings (SSSR count). The van der Waals surface area contributed by atoms with Crippen LogP contribution in [-0.2, 0) is 16.0 Å². The molecule has 2 unspecified atom stereocenters. The standard InChI is InChI=1S/C13H20N2O2S/c1-3-5-9-6-11(9)15-13-14-10(8-18-13)7-12(16)17-4-2/h8-9,11H,3-7H2,1-2H3,(H,14,15). The summed E-state index contributed by atoms with van der Waals surface area (Å²) in [7, 11) is 0. The average molecular weight is 268 g/mol. The summed E-state index contributed by atoms with van der Waals surface area (Å²) in [5.74, 6) is 0.608. The number of nitrogens with one attached hydrogen (secondary N) is 1. The smallest absolute Gasteiger partial charge is 0.311 e. The topological polar surface area (TPSA) is 51.2 Å². The molecule has 1 aromatic heterocycles. The van der Waals surface area contributed by atoms with E-state index in [-0.39, 0.29) is 12.4 Å². The fourth-order valence-corrected chi connectivity index (χ4v) is 2.86. The second-order valence-corrected chi connectivity index (χ2v) is 5.52. The Kier molecular flexibility index (Phi) is 4.58. The van der Waals surface area contributed by atoms with E-state index in [2.05, 4.69) is 17.2 Å². The molecule has 0 amide bonds. The molecule has 2 atom stereocenters. The van der Waals surface area contributed by atoms with Crippen LogP contribution in [0.4, 0.5) is 5.13 Å². The SMILES string of the molecule is CCCC1CC1Nc1nc(CC(=O)OCC)cs1. The van der Waals surface area contributed by atoms with E-state index in [4.69, 9.17) is 4.74 Å². The summed E-state index contributed by atoms with van der Waals surface area (Å²) in [5, 5.41) is 6.29. The molecule has 100 valence electrons. The number of anilines is 1. The zero-order valence-electron chi connectivity index (χ0n) is 10.9. The third-order valence-electron chi connectivity index (χ3n) is 3.07. The summed E-state index contributed by atoms with van der Waals surface area (Å²) in [6.45, 7) is 4.46. The van der Waals surface area contributed by atoms with Crippen molar-refractivity contribution in [3.63, 3.8) is 0 Å². The van der Waals surface area contributed by atoms with Gasteiger partial charge in [-0.15, -0.1) is 11.3 Å². The first-order chi connectivity index (χ1) is 8.72. The molecule has 0 aromatic carbocycles. The highest BCUT2D eigenvalue weighted by molar-refractivity contribution is 7.13. The minimum Gasteiger partial charge on any atom is -0.466 e. The van der Waals surface area contributed by atoms with Gasteiger partial charge in [-0.25, -0.2) is 4.98 Å². The van der Waals surface area contributed by atoms with Crippen molar-refractivity contribution in [2.45, 2.75) is 45.6 Å². The van der Waals surface area contributed by atoms with Crippen LogP contribution in [-0.4, -0.2) is 23.6 Å². The Balaban J connectivity index is 1.78. The van der Waals surface area contributed by atoms with E-state index < -0.39 is 0 Å². The first kappa shape index (κ1) is 13.3. The lowest BCUT2D eigenvalue weighted by Crippen LogP contribution is -2.08. The quantitative estimate of drug-likeness (QED) is 0.773. The molecule has 0 radical (unpaired) electrons. The van der Waals surface area contributed by atoms with Crippen molar-refractivity contribution in [1.29, 1.82) is 0 Å².